The SMILES string of the molecule is C/C(=C\c1cc(Cl)ccc1Br)C(C)N. The van der Waals surface area contributed by atoms with Gasteiger partial charge in [0.1, 0.15) is 0 Å². The van der Waals surface area contributed by atoms with Crippen LogP contribution in [0.2, 0.25) is 5.02 Å². The van der Waals surface area contributed by atoms with Crippen molar-refractivity contribution in [1.82, 2.24) is 0 Å². The van der Waals surface area contributed by atoms with Crippen molar-refractivity contribution < 1.29 is 0 Å². The van der Waals surface area contributed by atoms with Crippen LogP contribution in [-0.4, -0.2) is 6.04 Å². The van der Waals surface area contributed by atoms with Gasteiger partial charge in [0.2, 0.25) is 0 Å². The minimum atomic E-state index is 0.0703. The van der Waals surface area contributed by atoms with E-state index in [0.29, 0.717) is 0 Å². The van der Waals surface area contributed by atoms with Gasteiger partial charge in [-0.3, -0.25) is 0 Å². The smallest absolute Gasteiger partial charge is 0.0412 e. The molecule has 1 unspecified atom stereocenters. The number of hydrogen-bond acceptors (Lipinski definition) is 1. The second kappa shape index (κ2) is 4.96. The van der Waals surface area contributed by atoms with E-state index in [2.05, 4.69) is 15.9 Å². The predicted molar refractivity (Wildman–Crippen MR) is 66.5 cm³/mol. The molecule has 0 bridgehead atoms. The maximum absolute atomic E-state index is 5.90. The number of rotatable bonds is 2. The molecule has 1 nitrogen and oxygen atoms in total. The van der Waals surface area contributed by atoms with Crippen molar-refractivity contribution in [2.24, 2.45) is 5.73 Å². The van der Waals surface area contributed by atoms with Crippen molar-refractivity contribution >= 4 is 33.6 Å². The van der Waals surface area contributed by atoms with Gasteiger partial charge in [0.25, 0.3) is 0 Å². The average Bonchev–Trinajstić information content (AvgIpc) is 2.11. The summed E-state index contributed by atoms with van der Waals surface area (Å²) in [6, 6.07) is 5.77. The summed E-state index contributed by atoms with van der Waals surface area (Å²) in [6.45, 7) is 3.97. The van der Waals surface area contributed by atoms with E-state index in [-0.39, 0.29) is 6.04 Å². The van der Waals surface area contributed by atoms with E-state index in [9.17, 15) is 0 Å². The average molecular weight is 275 g/mol. The molecule has 1 rings (SSSR count). The van der Waals surface area contributed by atoms with E-state index in [0.717, 1.165) is 20.6 Å². The van der Waals surface area contributed by atoms with Gasteiger partial charge in [-0.2, -0.15) is 0 Å². The molecule has 0 aliphatic carbocycles. The zero-order valence-electron chi connectivity index (χ0n) is 8.22. The van der Waals surface area contributed by atoms with E-state index in [1.165, 1.54) is 0 Å². The Morgan fingerprint density at radius 3 is 2.79 bits per heavy atom. The van der Waals surface area contributed by atoms with Gasteiger partial charge in [0.05, 0.1) is 0 Å². The van der Waals surface area contributed by atoms with Crippen molar-refractivity contribution in [3.63, 3.8) is 0 Å². The molecule has 0 saturated heterocycles. The summed E-state index contributed by atoms with van der Waals surface area (Å²) < 4.78 is 1.03. The van der Waals surface area contributed by atoms with Gasteiger partial charge >= 0.3 is 0 Å². The molecule has 14 heavy (non-hydrogen) atoms. The van der Waals surface area contributed by atoms with Crippen LogP contribution in [0.3, 0.4) is 0 Å². The molecule has 0 saturated carbocycles. The van der Waals surface area contributed by atoms with Crippen molar-refractivity contribution in [3.8, 4) is 0 Å². The summed E-state index contributed by atoms with van der Waals surface area (Å²) in [4.78, 5) is 0. The molecule has 1 aromatic rings. The molecule has 0 aliphatic heterocycles. The largest absolute Gasteiger partial charge is 0.324 e. The highest BCUT2D eigenvalue weighted by atomic mass is 79.9. The third-order valence-electron chi connectivity index (χ3n) is 2.06. The van der Waals surface area contributed by atoms with Gasteiger partial charge < -0.3 is 5.73 Å². The fourth-order valence-corrected chi connectivity index (χ4v) is 1.54. The normalized spacial score (nSPS) is 14.2. The Hall–Kier alpha value is -0.310. The van der Waals surface area contributed by atoms with Crippen LogP contribution in [0, 0.1) is 0 Å². The fraction of sp³-hybridized carbons (Fsp3) is 0.273. The molecule has 0 aliphatic rings. The lowest BCUT2D eigenvalue weighted by Gasteiger charge is -2.06. The highest BCUT2D eigenvalue weighted by Gasteiger charge is 2.01. The molecule has 0 aromatic heterocycles. The van der Waals surface area contributed by atoms with Gasteiger partial charge in [0.15, 0.2) is 0 Å². The Labute approximate surface area is 98.1 Å². The van der Waals surface area contributed by atoms with Gasteiger partial charge in [-0.15, -0.1) is 0 Å². The Balaban J connectivity index is 3.07. The van der Waals surface area contributed by atoms with Crippen molar-refractivity contribution in [1.29, 1.82) is 0 Å². The van der Waals surface area contributed by atoms with Crippen LogP contribution < -0.4 is 5.73 Å². The van der Waals surface area contributed by atoms with Crippen molar-refractivity contribution in [2.45, 2.75) is 19.9 Å². The van der Waals surface area contributed by atoms with Gasteiger partial charge in [-0.1, -0.05) is 39.2 Å². The van der Waals surface area contributed by atoms with E-state index in [1.54, 1.807) is 0 Å². The molecular formula is C11H13BrClN. The van der Waals surface area contributed by atoms with Crippen LogP contribution in [0.5, 0.6) is 0 Å². The first-order valence-electron chi connectivity index (χ1n) is 4.39. The summed E-state index contributed by atoms with van der Waals surface area (Å²) in [5, 5.41) is 0.733. The maximum Gasteiger partial charge on any atom is 0.0412 e. The monoisotopic (exact) mass is 273 g/mol. The van der Waals surface area contributed by atoms with E-state index < -0.39 is 0 Å². The quantitative estimate of drug-likeness (QED) is 0.871. The third kappa shape index (κ3) is 3.12. The lowest BCUT2D eigenvalue weighted by Crippen LogP contribution is -2.15. The minimum Gasteiger partial charge on any atom is -0.324 e. The lowest BCUT2D eigenvalue weighted by atomic mass is 10.1. The van der Waals surface area contributed by atoms with Crippen LogP contribution in [0.25, 0.3) is 6.08 Å². The zero-order chi connectivity index (χ0) is 10.7. The Morgan fingerprint density at radius 2 is 2.21 bits per heavy atom. The first-order valence-corrected chi connectivity index (χ1v) is 5.56. The number of nitrogens with two attached hydrogens (primary N) is 1. The van der Waals surface area contributed by atoms with Crippen molar-refractivity contribution in [3.05, 3.63) is 38.8 Å². The molecule has 0 spiro atoms. The second-order valence-electron chi connectivity index (χ2n) is 3.34. The Morgan fingerprint density at radius 1 is 1.57 bits per heavy atom. The predicted octanol–water partition coefficient (Wildman–Crippen LogP) is 3.85. The molecule has 0 radical (unpaired) electrons. The van der Waals surface area contributed by atoms with Gasteiger partial charge in [0, 0.05) is 15.5 Å². The molecule has 0 heterocycles. The van der Waals surface area contributed by atoms with Crippen LogP contribution in [0.15, 0.2) is 28.2 Å². The highest BCUT2D eigenvalue weighted by molar-refractivity contribution is 9.10. The molecule has 76 valence electrons. The first kappa shape index (κ1) is 11.8. The minimum absolute atomic E-state index is 0.0703. The fourth-order valence-electron chi connectivity index (χ4n) is 1.00. The molecular weight excluding hydrogens is 261 g/mol. The summed E-state index contributed by atoms with van der Waals surface area (Å²) in [7, 11) is 0. The highest BCUT2D eigenvalue weighted by Crippen LogP contribution is 2.23. The molecule has 1 aromatic carbocycles. The number of benzene rings is 1. The van der Waals surface area contributed by atoms with Crippen LogP contribution >= 0.6 is 27.5 Å². The van der Waals surface area contributed by atoms with Crippen LogP contribution in [0.1, 0.15) is 19.4 Å². The summed E-state index contributed by atoms with van der Waals surface area (Å²) in [6.07, 6.45) is 2.04. The van der Waals surface area contributed by atoms with Crippen LogP contribution in [-0.2, 0) is 0 Å². The lowest BCUT2D eigenvalue weighted by molar-refractivity contribution is 0.868. The third-order valence-corrected chi connectivity index (χ3v) is 3.02. The molecule has 1 atom stereocenters. The topological polar surface area (TPSA) is 26.0 Å². The summed E-state index contributed by atoms with van der Waals surface area (Å²) in [5.74, 6) is 0. The molecule has 2 N–H and O–H groups in total. The number of hydrogen-bond donors (Lipinski definition) is 1. The zero-order valence-corrected chi connectivity index (χ0v) is 10.6. The Bertz CT molecular complexity index is 358. The first-order chi connectivity index (χ1) is 6.50. The van der Waals surface area contributed by atoms with Gasteiger partial charge in [-0.25, -0.2) is 0 Å². The van der Waals surface area contributed by atoms with Crippen molar-refractivity contribution in [2.75, 3.05) is 0 Å². The Kier molecular flexibility index (Phi) is 4.17. The molecule has 0 amide bonds. The summed E-state index contributed by atoms with van der Waals surface area (Å²) >= 11 is 9.36. The van der Waals surface area contributed by atoms with E-state index >= 15 is 0 Å². The van der Waals surface area contributed by atoms with E-state index in [1.807, 2.05) is 38.1 Å². The maximum atomic E-state index is 5.90. The standard InChI is InChI=1S/C11H13BrClN/c1-7(8(2)14)5-9-6-10(13)3-4-11(9)12/h3-6,8H,14H2,1-2H3/b7-5+. The van der Waals surface area contributed by atoms with E-state index in [4.69, 9.17) is 17.3 Å². The number of halogens is 2. The van der Waals surface area contributed by atoms with Gasteiger partial charge in [-0.05, 0) is 37.6 Å². The summed E-state index contributed by atoms with van der Waals surface area (Å²) in [5.41, 5.74) is 7.95. The van der Waals surface area contributed by atoms with Crippen LogP contribution in [0.4, 0.5) is 0 Å². The molecule has 0 fully saturated rings. The molecule has 3 heteroatoms. The second-order valence-corrected chi connectivity index (χ2v) is 4.63.